The Kier molecular flexibility index (Phi) is 4.41. The van der Waals surface area contributed by atoms with Gasteiger partial charge in [-0.1, -0.05) is 24.6 Å². The van der Waals surface area contributed by atoms with Crippen molar-refractivity contribution in [3.63, 3.8) is 0 Å². The quantitative estimate of drug-likeness (QED) is 0.910. The molecule has 5 heteroatoms. The number of hydrogen-bond acceptors (Lipinski definition) is 3. The first-order valence-electron chi connectivity index (χ1n) is 7.45. The first-order valence-corrected chi connectivity index (χ1v) is 8.39. The predicted molar refractivity (Wildman–Crippen MR) is 80.0 cm³/mol. The van der Waals surface area contributed by atoms with Crippen LogP contribution in [0, 0.1) is 0 Å². The van der Waals surface area contributed by atoms with E-state index in [1.165, 1.54) is 6.42 Å². The molecule has 1 N–H and O–H groups in total. The highest BCUT2D eigenvalue weighted by atomic mass is 32.2. The third kappa shape index (κ3) is 3.69. The molecule has 0 radical (unpaired) electrons. The molecule has 2 nitrogen and oxygen atoms in total. The first kappa shape index (κ1) is 15.1. The van der Waals surface area contributed by atoms with Crippen molar-refractivity contribution in [1.82, 2.24) is 0 Å². The third-order valence-electron chi connectivity index (χ3n) is 4.36. The molecule has 2 saturated heterocycles. The summed E-state index contributed by atoms with van der Waals surface area (Å²) in [6.45, 7) is -2.83. The van der Waals surface area contributed by atoms with Gasteiger partial charge in [-0.3, -0.25) is 0 Å². The van der Waals surface area contributed by atoms with E-state index in [2.05, 4.69) is 4.74 Å². The summed E-state index contributed by atoms with van der Waals surface area (Å²) in [4.78, 5) is 0. The Balaban J connectivity index is 1.76. The number of alkyl halides is 2. The number of rotatable bonds is 4. The fourth-order valence-corrected chi connectivity index (χ4v) is 5.54. The van der Waals surface area contributed by atoms with Gasteiger partial charge in [-0.05, 0) is 37.3 Å². The van der Waals surface area contributed by atoms with E-state index in [4.69, 9.17) is 0 Å². The van der Waals surface area contributed by atoms with E-state index >= 15 is 0 Å². The summed E-state index contributed by atoms with van der Waals surface area (Å²) in [5.41, 5.74) is -0.118. The number of hydrogen-bond donors (Lipinski definition) is 1. The number of thioether (sulfide) groups is 1. The Morgan fingerprint density at radius 2 is 1.90 bits per heavy atom. The molecule has 2 atom stereocenters. The van der Waals surface area contributed by atoms with Crippen LogP contribution in [0.3, 0.4) is 0 Å². The van der Waals surface area contributed by atoms with Crippen LogP contribution in [0.15, 0.2) is 24.3 Å². The van der Waals surface area contributed by atoms with Crippen LogP contribution >= 0.6 is 11.8 Å². The fourth-order valence-electron chi connectivity index (χ4n) is 3.57. The summed E-state index contributed by atoms with van der Waals surface area (Å²) >= 11 is 1.99. The second kappa shape index (κ2) is 6.13. The van der Waals surface area contributed by atoms with E-state index in [1.807, 2.05) is 11.8 Å². The molecule has 2 unspecified atom stereocenters. The predicted octanol–water partition coefficient (Wildman–Crippen LogP) is 4.01. The lowest BCUT2D eigenvalue weighted by Crippen LogP contribution is -2.44. The van der Waals surface area contributed by atoms with Crippen LogP contribution in [0.4, 0.5) is 8.78 Å². The van der Waals surface area contributed by atoms with Gasteiger partial charge < -0.3 is 9.84 Å². The minimum atomic E-state index is -2.83. The van der Waals surface area contributed by atoms with Crippen molar-refractivity contribution in [3.8, 4) is 5.75 Å². The third-order valence-corrected chi connectivity index (χ3v) is 5.94. The maximum Gasteiger partial charge on any atom is 0.387 e. The number of fused-ring (bicyclic) bond motifs is 2. The number of halogens is 2. The van der Waals surface area contributed by atoms with Crippen molar-refractivity contribution in [1.29, 1.82) is 0 Å². The molecule has 0 aliphatic carbocycles. The van der Waals surface area contributed by atoms with E-state index in [1.54, 1.807) is 24.3 Å². The second-order valence-corrected chi connectivity index (χ2v) is 7.71. The molecule has 0 saturated carbocycles. The molecule has 0 aromatic heterocycles. The molecule has 0 amide bonds. The van der Waals surface area contributed by atoms with Gasteiger partial charge in [-0.2, -0.15) is 20.5 Å². The van der Waals surface area contributed by atoms with Gasteiger partial charge in [0, 0.05) is 16.9 Å². The van der Waals surface area contributed by atoms with Crippen molar-refractivity contribution in [2.45, 2.75) is 61.2 Å². The minimum Gasteiger partial charge on any atom is -0.435 e. The smallest absolute Gasteiger partial charge is 0.387 e. The van der Waals surface area contributed by atoms with Crippen molar-refractivity contribution < 1.29 is 18.6 Å². The fraction of sp³-hybridized carbons (Fsp3) is 0.625. The highest BCUT2D eigenvalue weighted by Gasteiger charge is 2.41. The van der Waals surface area contributed by atoms with Crippen LogP contribution in [-0.4, -0.2) is 27.8 Å². The molecular formula is C16H20F2O2S. The highest BCUT2D eigenvalue weighted by Crippen LogP contribution is 2.47. The largest absolute Gasteiger partial charge is 0.435 e. The molecule has 2 heterocycles. The maximum absolute atomic E-state index is 12.5. The SMILES string of the molecule is OC1(Cc2ccccc2OC(F)F)CC2CCCC(C1)S2. The Bertz CT molecular complexity index is 483. The summed E-state index contributed by atoms with van der Waals surface area (Å²) in [5, 5.41) is 11.9. The summed E-state index contributed by atoms with van der Waals surface area (Å²) in [5.74, 6) is 0.185. The Hall–Kier alpha value is -0.810. The molecule has 1 aromatic rings. The van der Waals surface area contributed by atoms with Crippen molar-refractivity contribution >= 4 is 11.8 Å². The van der Waals surface area contributed by atoms with Crippen molar-refractivity contribution in [2.24, 2.45) is 0 Å². The number of benzene rings is 1. The molecular weight excluding hydrogens is 294 g/mol. The Labute approximate surface area is 127 Å². The van der Waals surface area contributed by atoms with Crippen LogP contribution in [-0.2, 0) is 6.42 Å². The van der Waals surface area contributed by atoms with E-state index < -0.39 is 12.2 Å². The molecule has 1 aromatic carbocycles. The number of ether oxygens (including phenoxy) is 1. The lowest BCUT2D eigenvalue weighted by molar-refractivity contribution is -0.0518. The van der Waals surface area contributed by atoms with Gasteiger partial charge >= 0.3 is 6.61 Å². The molecule has 21 heavy (non-hydrogen) atoms. The zero-order chi connectivity index (χ0) is 14.9. The number of aliphatic hydroxyl groups is 1. The van der Waals surface area contributed by atoms with Crippen LogP contribution in [0.5, 0.6) is 5.75 Å². The van der Waals surface area contributed by atoms with E-state index in [9.17, 15) is 13.9 Å². The maximum atomic E-state index is 12.5. The average molecular weight is 314 g/mol. The minimum absolute atomic E-state index is 0.185. The zero-order valence-corrected chi connectivity index (χ0v) is 12.6. The van der Waals surface area contributed by atoms with E-state index in [-0.39, 0.29) is 5.75 Å². The summed E-state index contributed by atoms with van der Waals surface area (Å²) in [6.07, 6.45) is 5.43. The normalized spacial score (nSPS) is 32.2. The Morgan fingerprint density at radius 3 is 2.57 bits per heavy atom. The van der Waals surface area contributed by atoms with Gasteiger partial charge in [0.25, 0.3) is 0 Å². The summed E-state index contributed by atoms with van der Waals surface area (Å²) < 4.78 is 29.5. The lowest BCUT2D eigenvalue weighted by Gasteiger charge is -2.44. The topological polar surface area (TPSA) is 29.5 Å². The van der Waals surface area contributed by atoms with Crippen molar-refractivity contribution in [2.75, 3.05) is 0 Å². The van der Waals surface area contributed by atoms with Gasteiger partial charge in [-0.25, -0.2) is 0 Å². The number of para-hydroxylation sites is 1. The van der Waals surface area contributed by atoms with Crippen LogP contribution in [0.1, 0.15) is 37.7 Å². The van der Waals surface area contributed by atoms with Crippen LogP contribution in [0.2, 0.25) is 0 Å². The Morgan fingerprint density at radius 1 is 1.24 bits per heavy atom. The zero-order valence-electron chi connectivity index (χ0n) is 11.8. The highest BCUT2D eigenvalue weighted by molar-refractivity contribution is 8.00. The van der Waals surface area contributed by atoms with Gasteiger partial charge in [0.1, 0.15) is 5.75 Å². The van der Waals surface area contributed by atoms with Gasteiger partial charge in [-0.15, -0.1) is 0 Å². The monoisotopic (exact) mass is 314 g/mol. The standard InChI is InChI=1S/C16H20F2O2S/c17-15(18)20-14-7-2-1-4-11(14)8-16(19)9-12-5-3-6-13(10-16)21-12/h1-2,4,7,12-13,15,19H,3,5-6,8-10H2. The van der Waals surface area contributed by atoms with E-state index in [0.717, 1.165) is 25.7 Å². The summed E-state index contributed by atoms with van der Waals surface area (Å²) in [7, 11) is 0. The molecule has 2 aliphatic rings. The van der Waals surface area contributed by atoms with Gasteiger partial charge in [0.05, 0.1) is 5.60 Å². The molecule has 2 fully saturated rings. The van der Waals surface area contributed by atoms with E-state index in [0.29, 0.717) is 22.5 Å². The first-order chi connectivity index (χ1) is 10.0. The molecule has 3 rings (SSSR count). The molecule has 116 valence electrons. The molecule has 2 aliphatic heterocycles. The molecule has 0 spiro atoms. The summed E-state index contributed by atoms with van der Waals surface area (Å²) in [6, 6.07) is 6.79. The van der Waals surface area contributed by atoms with Crippen molar-refractivity contribution in [3.05, 3.63) is 29.8 Å². The van der Waals surface area contributed by atoms with Crippen LogP contribution in [0.25, 0.3) is 0 Å². The average Bonchev–Trinajstić information content (AvgIpc) is 2.39. The van der Waals surface area contributed by atoms with Crippen LogP contribution < -0.4 is 4.74 Å². The second-order valence-electron chi connectivity index (χ2n) is 6.11. The molecule has 2 bridgehead atoms. The van der Waals surface area contributed by atoms with Gasteiger partial charge in [0.15, 0.2) is 0 Å². The van der Waals surface area contributed by atoms with Gasteiger partial charge in [0.2, 0.25) is 0 Å². The lowest BCUT2D eigenvalue weighted by atomic mass is 9.81.